The van der Waals surface area contributed by atoms with E-state index in [0.29, 0.717) is 5.56 Å². The number of hydrogen-bond donors (Lipinski definition) is 17. The van der Waals surface area contributed by atoms with E-state index in [-0.39, 0.29) is 12.1 Å². The minimum absolute atomic E-state index is 0.0695. The summed E-state index contributed by atoms with van der Waals surface area (Å²) in [5.41, 5.74) is 0.191. The summed E-state index contributed by atoms with van der Waals surface area (Å²) in [5, 5.41) is 171. The van der Waals surface area contributed by atoms with E-state index in [1.54, 1.807) is 5.32 Å². The van der Waals surface area contributed by atoms with Gasteiger partial charge in [0.1, 0.15) is 122 Å². The Hall–Kier alpha value is -2.56. The van der Waals surface area contributed by atoms with Crippen molar-refractivity contribution in [3.05, 3.63) is 29.8 Å². The maximum atomic E-state index is 12.8. The highest BCUT2D eigenvalue weighted by Crippen LogP contribution is 2.36. The van der Waals surface area contributed by atoms with Crippen LogP contribution in [0.2, 0.25) is 0 Å². The van der Waals surface area contributed by atoms with E-state index in [9.17, 15) is 99.7 Å². The molecule has 0 radical (unpaired) electrons. The number of anilines is 1. The number of benzene rings is 1. The molecule has 408 valence electrons. The maximum absolute atomic E-state index is 12.8. The van der Waals surface area contributed by atoms with Crippen LogP contribution in [0.4, 0.5) is 18.9 Å². The van der Waals surface area contributed by atoms with E-state index in [4.69, 9.17) is 47.4 Å². The second-order valence-corrected chi connectivity index (χ2v) is 17.2. The lowest BCUT2D eigenvalue weighted by atomic mass is 9.95. The third-order valence-corrected chi connectivity index (χ3v) is 12.4. The molecular formula is C40H60F3NO27. The minimum atomic E-state index is -5.17. The maximum Gasteiger partial charge on any atom is 0.471 e. The average molecular weight is 1040 g/mol. The number of aliphatic hydroxyl groups is 16. The Morgan fingerprint density at radius 2 is 0.859 bits per heavy atom. The Morgan fingerprint density at radius 1 is 0.465 bits per heavy atom. The van der Waals surface area contributed by atoms with Gasteiger partial charge in [-0.25, -0.2) is 0 Å². The van der Waals surface area contributed by atoms with Crippen molar-refractivity contribution in [1.29, 1.82) is 0 Å². The summed E-state index contributed by atoms with van der Waals surface area (Å²) >= 11 is 0. The van der Waals surface area contributed by atoms with Gasteiger partial charge in [0.25, 0.3) is 0 Å². The number of hydrogen-bond acceptors (Lipinski definition) is 27. The molecule has 0 bridgehead atoms. The molecule has 5 aliphatic heterocycles. The van der Waals surface area contributed by atoms with E-state index in [1.807, 2.05) is 0 Å². The first-order chi connectivity index (χ1) is 33.5. The van der Waals surface area contributed by atoms with Gasteiger partial charge >= 0.3 is 12.1 Å². The smallest absolute Gasteiger partial charge is 0.394 e. The third kappa shape index (κ3) is 13.1. The van der Waals surface area contributed by atoms with E-state index in [0.717, 1.165) is 12.1 Å². The fraction of sp³-hybridized carbons (Fsp3) is 0.825. The number of nitrogens with one attached hydrogen (secondary N) is 1. The summed E-state index contributed by atoms with van der Waals surface area (Å²) in [6.07, 6.45) is -53.7. The van der Waals surface area contributed by atoms with Gasteiger partial charge in [-0.3, -0.25) is 4.79 Å². The predicted molar refractivity (Wildman–Crippen MR) is 215 cm³/mol. The lowest BCUT2D eigenvalue weighted by Crippen LogP contribution is -2.68. The van der Waals surface area contributed by atoms with Gasteiger partial charge in [-0.15, -0.1) is 0 Å². The van der Waals surface area contributed by atoms with Gasteiger partial charge in [0.2, 0.25) is 0 Å². The molecule has 17 N–H and O–H groups in total. The fourth-order valence-corrected chi connectivity index (χ4v) is 8.26. The van der Waals surface area contributed by atoms with Gasteiger partial charge in [0.15, 0.2) is 31.5 Å². The van der Waals surface area contributed by atoms with Crippen molar-refractivity contribution < 1.29 is 147 Å². The molecule has 1 aromatic rings. The second-order valence-electron chi connectivity index (χ2n) is 17.2. The van der Waals surface area contributed by atoms with Crippen molar-refractivity contribution in [3.63, 3.8) is 0 Å². The first kappa shape index (κ1) is 57.7. The van der Waals surface area contributed by atoms with Crippen molar-refractivity contribution in [2.24, 2.45) is 0 Å². The molecule has 31 heteroatoms. The monoisotopic (exact) mass is 1040 g/mol. The zero-order valence-corrected chi connectivity index (χ0v) is 37.0. The molecule has 0 aliphatic carbocycles. The van der Waals surface area contributed by atoms with Crippen molar-refractivity contribution >= 4 is 11.6 Å². The molecule has 5 aliphatic rings. The minimum Gasteiger partial charge on any atom is -0.394 e. The normalized spacial score (nSPS) is 44.6. The molecular weight excluding hydrogens is 983 g/mol. The van der Waals surface area contributed by atoms with Crippen LogP contribution in [0.5, 0.6) is 0 Å². The molecule has 5 heterocycles. The van der Waals surface area contributed by atoms with Gasteiger partial charge in [-0.1, -0.05) is 12.1 Å². The lowest BCUT2D eigenvalue weighted by molar-refractivity contribution is -0.395. The average Bonchev–Trinajstić information content (AvgIpc) is 3.34. The van der Waals surface area contributed by atoms with Gasteiger partial charge < -0.3 is 134 Å². The van der Waals surface area contributed by atoms with Crippen molar-refractivity contribution in [2.75, 3.05) is 45.0 Å². The van der Waals surface area contributed by atoms with Crippen LogP contribution in [-0.2, 0) is 58.6 Å². The number of amides is 1. The van der Waals surface area contributed by atoms with Crippen LogP contribution in [0.1, 0.15) is 5.56 Å². The number of aliphatic hydroxyl groups excluding tert-OH is 16. The van der Waals surface area contributed by atoms with Gasteiger partial charge in [0, 0.05) is 5.69 Å². The third-order valence-electron chi connectivity index (χ3n) is 12.4. The Bertz CT molecular complexity index is 1810. The van der Waals surface area contributed by atoms with Crippen LogP contribution in [0.15, 0.2) is 24.3 Å². The summed E-state index contributed by atoms with van der Waals surface area (Å²) in [4.78, 5) is 11.4. The summed E-state index contributed by atoms with van der Waals surface area (Å²) in [6, 6.07) is 4.97. The highest BCUT2D eigenvalue weighted by Gasteiger charge is 2.56. The molecule has 5 fully saturated rings. The molecule has 0 aromatic heterocycles. The van der Waals surface area contributed by atoms with Crippen LogP contribution < -0.4 is 5.32 Å². The largest absolute Gasteiger partial charge is 0.471 e. The predicted octanol–water partition coefficient (Wildman–Crippen LogP) is -9.16. The number of carbonyl (C=O) groups excluding carboxylic acids is 1. The summed E-state index contributed by atoms with van der Waals surface area (Å²) < 4.78 is 96.2. The van der Waals surface area contributed by atoms with Crippen molar-refractivity contribution in [1.82, 2.24) is 0 Å². The standard InChI is InChI=1S/C40H60F3NO27/c41-40(42,43)39(61)44-13-3-1-12(2-4-13)5-6-62-34-30(60)32(70-36-28(58)24(54)20(50)15(8-46)65-36)31(69-35-27(57)23(53)19(49)14(7-45)64-35)18(68-34)11-63-38-33(26(56)22(52)17(10-48)67-38)71-37-29(59)25(55)21(51)16(9-47)66-37/h1-4,14-38,45-60H,5-11H2,(H,44,61)/t14-,15-,16-,17-,18-,19-,20-,21-,22-,23+,24+,25+,26+,27-,28-,29-,30-,31-,32-,33-,34?,35?,36?,37?,38?/m1/s1. The molecule has 25 atom stereocenters. The Labute approximate surface area is 399 Å². The molecule has 0 spiro atoms. The van der Waals surface area contributed by atoms with E-state index >= 15 is 0 Å². The molecule has 1 aromatic carbocycles. The topological polar surface area (TPSA) is 445 Å². The van der Waals surface area contributed by atoms with E-state index in [1.165, 1.54) is 12.1 Å². The number of alkyl halides is 3. The summed E-state index contributed by atoms with van der Waals surface area (Å²) in [5.74, 6) is -2.22. The molecule has 5 saturated heterocycles. The molecule has 28 nitrogen and oxygen atoms in total. The molecule has 5 unspecified atom stereocenters. The lowest BCUT2D eigenvalue weighted by Gasteiger charge is -2.49. The summed E-state index contributed by atoms with van der Waals surface area (Å²) in [6.45, 7) is -5.12. The number of halogens is 3. The quantitative estimate of drug-likeness (QED) is 0.0649. The van der Waals surface area contributed by atoms with Crippen LogP contribution in [0, 0.1) is 0 Å². The summed E-state index contributed by atoms with van der Waals surface area (Å²) in [7, 11) is 0. The zero-order valence-electron chi connectivity index (χ0n) is 37.0. The van der Waals surface area contributed by atoms with Gasteiger partial charge in [-0.2, -0.15) is 13.2 Å². The first-order valence-corrected chi connectivity index (χ1v) is 22.1. The highest BCUT2D eigenvalue weighted by molar-refractivity contribution is 5.94. The van der Waals surface area contributed by atoms with Crippen LogP contribution >= 0.6 is 0 Å². The number of rotatable bonds is 18. The molecule has 0 saturated carbocycles. The van der Waals surface area contributed by atoms with Crippen LogP contribution in [0.25, 0.3) is 0 Å². The number of ether oxygens (including phenoxy) is 10. The highest BCUT2D eigenvalue weighted by atomic mass is 19.4. The SMILES string of the molecule is O=C(Nc1ccc(CCOC2O[C@H](COC3O[C@H](CO)[C@@H](O)[C@H](O)[C@H]3OC3O[C@H](CO)[C@@H](O)[C@H](O)[C@H]3O)[C@@H](OC3O[C@H](CO)[C@@H](O)[C@H](O)[C@H]3O)[C@H](OC3O[C@H](CO)[C@@H](O)[C@H](O)[C@H]3O)[C@H]2O)cc1)C(F)(F)F. The van der Waals surface area contributed by atoms with E-state index < -0.39 is 205 Å². The Kier molecular flexibility index (Phi) is 20.2. The number of carbonyl (C=O) groups is 1. The van der Waals surface area contributed by atoms with Crippen LogP contribution in [-0.4, -0.2) is 287 Å². The van der Waals surface area contributed by atoms with Gasteiger partial charge in [-0.05, 0) is 24.1 Å². The molecule has 1 amide bonds. The molecule has 6 rings (SSSR count). The zero-order chi connectivity index (χ0) is 52.2. The Balaban J connectivity index is 1.32. The first-order valence-electron chi connectivity index (χ1n) is 22.1. The molecule has 71 heavy (non-hydrogen) atoms. The van der Waals surface area contributed by atoms with Crippen LogP contribution in [0.3, 0.4) is 0 Å². The van der Waals surface area contributed by atoms with Gasteiger partial charge in [0.05, 0.1) is 39.6 Å². The van der Waals surface area contributed by atoms with Crippen molar-refractivity contribution in [3.8, 4) is 0 Å². The fourth-order valence-electron chi connectivity index (χ4n) is 8.26. The second kappa shape index (κ2) is 24.9. The Morgan fingerprint density at radius 3 is 1.30 bits per heavy atom. The van der Waals surface area contributed by atoms with E-state index in [2.05, 4.69) is 0 Å². The van der Waals surface area contributed by atoms with Crippen molar-refractivity contribution in [2.45, 2.75) is 166 Å².